The summed E-state index contributed by atoms with van der Waals surface area (Å²) in [6.07, 6.45) is 2.05. The van der Waals surface area contributed by atoms with Crippen molar-refractivity contribution in [2.45, 2.75) is 37.1 Å². The summed E-state index contributed by atoms with van der Waals surface area (Å²) in [5.74, 6) is -0.331. The van der Waals surface area contributed by atoms with Crippen molar-refractivity contribution in [3.8, 4) is 0 Å². The van der Waals surface area contributed by atoms with Gasteiger partial charge in [-0.2, -0.15) is 4.31 Å². The minimum Gasteiger partial charge on any atom is -0.325 e. The number of hydrogen-bond donors (Lipinski definition) is 1. The van der Waals surface area contributed by atoms with Gasteiger partial charge in [-0.3, -0.25) is 4.79 Å². The second kappa shape index (κ2) is 7.78. The van der Waals surface area contributed by atoms with E-state index in [2.05, 4.69) is 5.32 Å². The third-order valence-electron chi connectivity index (χ3n) is 4.48. The molecule has 1 fully saturated rings. The second-order valence-electron chi connectivity index (χ2n) is 6.44. The van der Waals surface area contributed by atoms with Crippen LogP contribution in [0.2, 0.25) is 5.02 Å². The molecule has 0 saturated carbocycles. The lowest BCUT2D eigenvalue weighted by Gasteiger charge is -2.33. The number of piperidine rings is 1. The first-order chi connectivity index (χ1) is 12.4. The molecule has 1 atom stereocenters. The number of rotatable bonds is 4. The quantitative estimate of drug-likeness (QED) is 0.859. The van der Waals surface area contributed by atoms with Gasteiger partial charge in [-0.25, -0.2) is 8.42 Å². The maximum absolute atomic E-state index is 13.0. The first-order valence-corrected chi connectivity index (χ1v) is 10.3. The van der Waals surface area contributed by atoms with Crippen molar-refractivity contribution in [1.29, 1.82) is 0 Å². The Morgan fingerprint density at radius 1 is 1.15 bits per heavy atom. The molecule has 7 heteroatoms. The van der Waals surface area contributed by atoms with E-state index in [0.29, 0.717) is 23.7 Å². The number of amides is 1. The van der Waals surface area contributed by atoms with Gasteiger partial charge in [-0.15, -0.1) is 0 Å². The molecule has 0 unspecified atom stereocenters. The van der Waals surface area contributed by atoms with Gasteiger partial charge in [0.25, 0.3) is 0 Å². The van der Waals surface area contributed by atoms with Crippen LogP contribution < -0.4 is 5.32 Å². The molecule has 138 valence electrons. The fraction of sp³-hybridized carbons (Fsp3) is 0.316. The van der Waals surface area contributed by atoms with Gasteiger partial charge in [0.05, 0.1) is 4.90 Å². The standard InChI is InChI=1S/C19H21ClN2O3S/c1-14-8-10-17(11-9-14)26(24,25)22-12-3-2-7-18(22)19(23)21-16-6-4-5-15(20)13-16/h4-6,8-11,13,18H,2-3,7,12H2,1H3,(H,21,23)/t18-/m1/s1. The molecule has 0 bridgehead atoms. The van der Waals surface area contributed by atoms with E-state index in [0.717, 1.165) is 18.4 Å². The highest BCUT2D eigenvalue weighted by atomic mass is 35.5. The van der Waals surface area contributed by atoms with Crippen molar-refractivity contribution in [3.05, 3.63) is 59.1 Å². The Bertz CT molecular complexity index is 897. The highest BCUT2D eigenvalue weighted by molar-refractivity contribution is 7.89. The molecule has 3 rings (SSSR count). The predicted molar refractivity (Wildman–Crippen MR) is 103 cm³/mol. The van der Waals surface area contributed by atoms with Crippen molar-refractivity contribution in [2.75, 3.05) is 11.9 Å². The number of sulfonamides is 1. The number of carbonyl (C=O) groups excluding carboxylic acids is 1. The summed E-state index contributed by atoms with van der Waals surface area (Å²) in [4.78, 5) is 13.0. The van der Waals surface area contributed by atoms with Gasteiger partial charge in [0.15, 0.2) is 0 Å². The molecule has 0 aromatic heterocycles. The van der Waals surface area contributed by atoms with Crippen LogP contribution in [-0.2, 0) is 14.8 Å². The van der Waals surface area contributed by atoms with Gasteiger partial charge >= 0.3 is 0 Å². The molecular formula is C19H21ClN2O3S. The van der Waals surface area contributed by atoms with E-state index >= 15 is 0 Å². The lowest BCUT2D eigenvalue weighted by molar-refractivity contribution is -0.120. The fourth-order valence-electron chi connectivity index (χ4n) is 3.09. The molecule has 0 spiro atoms. The lowest BCUT2D eigenvalue weighted by Crippen LogP contribution is -2.49. The predicted octanol–water partition coefficient (Wildman–Crippen LogP) is 3.83. The Morgan fingerprint density at radius 2 is 1.88 bits per heavy atom. The van der Waals surface area contributed by atoms with Crippen LogP contribution in [-0.4, -0.2) is 31.2 Å². The number of benzene rings is 2. The Labute approximate surface area is 159 Å². The molecule has 26 heavy (non-hydrogen) atoms. The third kappa shape index (κ3) is 4.09. The molecule has 1 aliphatic heterocycles. The Hall–Kier alpha value is -1.89. The smallest absolute Gasteiger partial charge is 0.243 e. The van der Waals surface area contributed by atoms with Crippen molar-refractivity contribution in [2.24, 2.45) is 0 Å². The van der Waals surface area contributed by atoms with Crippen LogP contribution in [0.4, 0.5) is 5.69 Å². The summed E-state index contributed by atoms with van der Waals surface area (Å²) in [6.45, 7) is 2.24. The average Bonchev–Trinajstić information content (AvgIpc) is 2.62. The number of aryl methyl sites for hydroxylation is 1. The molecule has 2 aromatic carbocycles. The van der Waals surface area contributed by atoms with Gasteiger partial charge in [0.1, 0.15) is 6.04 Å². The van der Waals surface area contributed by atoms with E-state index in [9.17, 15) is 13.2 Å². The topological polar surface area (TPSA) is 66.5 Å². The maximum Gasteiger partial charge on any atom is 0.243 e. The van der Waals surface area contributed by atoms with Crippen LogP contribution in [0.3, 0.4) is 0 Å². The first-order valence-electron chi connectivity index (χ1n) is 8.53. The zero-order chi connectivity index (χ0) is 18.7. The van der Waals surface area contributed by atoms with Crippen molar-refractivity contribution < 1.29 is 13.2 Å². The van der Waals surface area contributed by atoms with Crippen LogP contribution in [0.5, 0.6) is 0 Å². The third-order valence-corrected chi connectivity index (χ3v) is 6.63. The van der Waals surface area contributed by atoms with Crippen LogP contribution >= 0.6 is 11.6 Å². The molecule has 0 aliphatic carbocycles. The summed E-state index contributed by atoms with van der Waals surface area (Å²) in [6, 6.07) is 12.8. The van der Waals surface area contributed by atoms with E-state index in [-0.39, 0.29) is 10.8 Å². The summed E-state index contributed by atoms with van der Waals surface area (Å²) in [5, 5.41) is 3.30. The van der Waals surface area contributed by atoms with Crippen LogP contribution in [0.15, 0.2) is 53.4 Å². The van der Waals surface area contributed by atoms with Gasteiger partial charge in [-0.05, 0) is 50.1 Å². The zero-order valence-corrected chi connectivity index (χ0v) is 16.1. The molecule has 0 radical (unpaired) electrons. The molecule has 5 nitrogen and oxygen atoms in total. The minimum atomic E-state index is -3.73. The minimum absolute atomic E-state index is 0.213. The number of anilines is 1. The normalized spacial score (nSPS) is 18.5. The molecule has 1 heterocycles. The van der Waals surface area contributed by atoms with Gasteiger partial charge < -0.3 is 5.32 Å². The number of halogens is 1. The Kier molecular flexibility index (Phi) is 5.65. The van der Waals surface area contributed by atoms with Crippen LogP contribution in [0.25, 0.3) is 0 Å². The van der Waals surface area contributed by atoms with Crippen molar-refractivity contribution in [3.63, 3.8) is 0 Å². The van der Waals surface area contributed by atoms with Gasteiger partial charge in [-0.1, -0.05) is 41.8 Å². The number of nitrogens with zero attached hydrogens (tertiary/aromatic N) is 1. The van der Waals surface area contributed by atoms with E-state index in [1.165, 1.54) is 4.31 Å². The number of hydrogen-bond acceptors (Lipinski definition) is 3. The van der Waals surface area contributed by atoms with Crippen LogP contribution in [0.1, 0.15) is 24.8 Å². The van der Waals surface area contributed by atoms with Gasteiger partial charge in [0.2, 0.25) is 15.9 Å². The summed E-state index contributed by atoms with van der Waals surface area (Å²) in [5.41, 5.74) is 1.54. The first kappa shape index (κ1) is 18.9. The lowest BCUT2D eigenvalue weighted by atomic mass is 10.0. The second-order valence-corrected chi connectivity index (χ2v) is 8.77. The summed E-state index contributed by atoms with van der Waals surface area (Å²) < 4.78 is 27.4. The Balaban J connectivity index is 1.85. The van der Waals surface area contributed by atoms with Gasteiger partial charge in [0, 0.05) is 17.3 Å². The molecule has 2 aromatic rings. The number of carbonyl (C=O) groups is 1. The molecule has 1 saturated heterocycles. The molecule has 1 N–H and O–H groups in total. The number of nitrogens with one attached hydrogen (secondary N) is 1. The fourth-order valence-corrected chi connectivity index (χ4v) is 4.94. The highest BCUT2D eigenvalue weighted by Crippen LogP contribution is 2.27. The molecule has 1 aliphatic rings. The largest absolute Gasteiger partial charge is 0.325 e. The maximum atomic E-state index is 13.0. The SMILES string of the molecule is Cc1ccc(S(=O)(=O)N2CCCC[C@@H]2C(=O)Nc2cccc(Cl)c2)cc1. The van der Waals surface area contributed by atoms with E-state index in [1.54, 1.807) is 48.5 Å². The average molecular weight is 393 g/mol. The monoisotopic (exact) mass is 392 g/mol. The van der Waals surface area contributed by atoms with Crippen LogP contribution in [0, 0.1) is 6.92 Å². The molecule has 1 amide bonds. The molecular weight excluding hydrogens is 372 g/mol. The van der Waals surface area contributed by atoms with Crippen molar-refractivity contribution >= 4 is 33.2 Å². The van der Waals surface area contributed by atoms with Crippen molar-refractivity contribution in [1.82, 2.24) is 4.31 Å². The highest BCUT2D eigenvalue weighted by Gasteiger charge is 2.37. The van der Waals surface area contributed by atoms with E-state index in [1.807, 2.05) is 6.92 Å². The van der Waals surface area contributed by atoms with E-state index in [4.69, 9.17) is 11.6 Å². The summed E-state index contributed by atoms with van der Waals surface area (Å²) in [7, 11) is -3.73. The zero-order valence-electron chi connectivity index (χ0n) is 14.5. The Morgan fingerprint density at radius 3 is 2.58 bits per heavy atom. The van der Waals surface area contributed by atoms with E-state index < -0.39 is 16.1 Å². The summed E-state index contributed by atoms with van der Waals surface area (Å²) >= 11 is 5.95.